The Morgan fingerprint density at radius 3 is 2.40 bits per heavy atom. The van der Waals surface area contributed by atoms with E-state index < -0.39 is 0 Å². The van der Waals surface area contributed by atoms with Crippen LogP contribution in [-0.2, 0) is 4.79 Å². The second kappa shape index (κ2) is 8.66. The summed E-state index contributed by atoms with van der Waals surface area (Å²) < 4.78 is 0. The van der Waals surface area contributed by atoms with Crippen molar-refractivity contribution < 1.29 is 4.79 Å². The van der Waals surface area contributed by atoms with Gasteiger partial charge in [-0.15, -0.1) is 0 Å². The molecule has 0 aromatic rings. The molecule has 1 amide bonds. The van der Waals surface area contributed by atoms with Crippen LogP contribution in [0.3, 0.4) is 0 Å². The van der Waals surface area contributed by atoms with E-state index >= 15 is 0 Å². The Morgan fingerprint density at radius 2 is 1.90 bits per heavy atom. The molecule has 0 heterocycles. The lowest BCUT2D eigenvalue weighted by atomic mass is 9.83. The summed E-state index contributed by atoms with van der Waals surface area (Å²) in [5.74, 6) is 1.42. The van der Waals surface area contributed by atoms with E-state index in [1.165, 1.54) is 32.1 Å². The summed E-state index contributed by atoms with van der Waals surface area (Å²) in [5, 5.41) is 3.18. The van der Waals surface area contributed by atoms with Crippen molar-refractivity contribution in [1.82, 2.24) is 5.32 Å². The first-order valence-corrected chi connectivity index (χ1v) is 8.50. The summed E-state index contributed by atoms with van der Waals surface area (Å²) in [6.45, 7) is 8.31. The van der Waals surface area contributed by atoms with Crippen LogP contribution in [0.1, 0.15) is 72.1 Å². The fourth-order valence-electron chi connectivity index (χ4n) is 3.50. The maximum Gasteiger partial charge on any atom is 0.220 e. The van der Waals surface area contributed by atoms with Gasteiger partial charge in [0.2, 0.25) is 5.91 Å². The Kier molecular flexibility index (Phi) is 7.57. The van der Waals surface area contributed by atoms with Crippen molar-refractivity contribution in [3.63, 3.8) is 0 Å². The van der Waals surface area contributed by atoms with Gasteiger partial charge in [-0.05, 0) is 55.9 Å². The summed E-state index contributed by atoms with van der Waals surface area (Å²) >= 11 is 0. The van der Waals surface area contributed by atoms with Gasteiger partial charge in [-0.2, -0.15) is 0 Å². The SMILES string of the molecule is CCC1(CNC(=O)CCC(CCN)C(C)C)CCCC1. The summed E-state index contributed by atoms with van der Waals surface area (Å²) in [4.78, 5) is 12.0. The van der Waals surface area contributed by atoms with Gasteiger partial charge in [0, 0.05) is 13.0 Å². The molecule has 1 aliphatic carbocycles. The number of nitrogens with two attached hydrogens (primary N) is 1. The Labute approximate surface area is 125 Å². The average molecular weight is 282 g/mol. The number of nitrogens with one attached hydrogen (secondary N) is 1. The number of carbonyl (C=O) groups is 1. The van der Waals surface area contributed by atoms with Gasteiger partial charge in [-0.25, -0.2) is 0 Å². The zero-order valence-corrected chi connectivity index (χ0v) is 13.7. The fraction of sp³-hybridized carbons (Fsp3) is 0.941. The predicted molar refractivity (Wildman–Crippen MR) is 85.4 cm³/mol. The molecule has 0 aliphatic heterocycles. The highest BCUT2D eigenvalue weighted by atomic mass is 16.1. The summed E-state index contributed by atoms with van der Waals surface area (Å²) in [6.07, 6.45) is 9.07. The molecule has 3 nitrogen and oxygen atoms in total. The van der Waals surface area contributed by atoms with Crippen molar-refractivity contribution in [2.24, 2.45) is 23.0 Å². The van der Waals surface area contributed by atoms with E-state index in [0.717, 1.165) is 25.9 Å². The Balaban J connectivity index is 2.29. The Bertz CT molecular complexity index is 283. The average Bonchev–Trinajstić information content (AvgIpc) is 2.90. The molecule has 1 atom stereocenters. The third kappa shape index (κ3) is 5.43. The maximum atomic E-state index is 12.0. The molecule has 0 aromatic carbocycles. The lowest BCUT2D eigenvalue weighted by molar-refractivity contribution is -0.122. The largest absolute Gasteiger partial charge is 0.356 e. The molecule has 1 rings (SSSR count). The van der Waals surface area contributed by atoms with Crippen LogP contribution in [0.2, 0.25) is 0 Å². The Morgan fingerprint density at radius 1 is 1.25 bits per heavy atom. The first-order valence-electron chi connectivity index (χ1n) is 8.50. The van der Waals surface area contributed by atoms with Gasteiger partial charge in [0.25, 0.3) is 0 Å². The number of hydrogen-bond acceptors (Lipinski definition) is 2. The minimum absolute atomic E-state index is 0.229. The normalized spacial score (nSPS) is 19.2. The van der Waals surface area contributed by atoms with Gasteiger partial charge < -0.3 is 11.1 Å². The van der Waals surface area contributed by atoms with Gasteiger partial charge in [0.15, 0.2) is 0 Å². The van der Waals surface area contributed by atoms with Crippen LogP contribution in [0.4, 0.5) is 0 Å². The highest BCUT2D eigenvalue weighted by molar-refractivity contribution is 5.75. The van der Waals surface area contributed by atoms with Crippen molar-refractivity contribution in [2.75, 3.05) is 13.1 Å². The number of hydrogen-bond donors (Lipinski definition) is 2. The third-order valence-corrected chi connectivity index (χ3v) is 5.30. The van der Waals surface area contributed by atoms with Crippen LogP contribution in [0, 0.1) is 17.3 Å². The van der Waals surface area contributed by atoms with E-state index in [0.29, 0.717) is 23.7 Å². The summed E-state index contributed by atoms with van der Waals surface area (Å²) in [6, 6.07) is 0. The minimum atomic E-state index is 0.229. The smallest absolute Gasteiger partial charge is 0.220 e. The topological polar surface area (TPSA) is 55.1 Å². The lowest BCUT2D eigenvalue weighted by Gasteiger charge is -2.28. The standard InChI is InChI=1S/C17H34N2O/c1-4-17(10-5-6-11-17)13-19-16(20)8-7-15(9-12-18)14(2)3/h14-15H,4-13,18H2,1-3H3,(H,19,20). The molecular weight excluding hydrogens is 248 g/mol. The van der Waals surface area contributed by atoms with Crippen LogP contribution in [0.25, 0.3) is 0 Å². The fourth-order valence-corrected chi connectivity index (χ4v) is 3.50. The van der Waals surface area contributed by atoms with Crippen LogP contribution in [-0.4, -0.2) is 19.0 Å². The van der Waals surface area contributed by atoms with Gasteiger partial charge in [-0.1, -0.05) is 33.6 Å². The maximum absolute atomic E-state index is 12.0. The van der Waals surface area contributed by atoms with E-state index in [2.05, 4.69) is 26.1 Å². The first-order chi connectivity index (χ1) is 9.53. The van der Waals surface area contributed by atoms with Gasteiger partial charge in [0.1, 0.15) is 0 Å². The van der Waals surface area contributed by atoms with Crippen molar-refractivity contribution >= 4 is 5.91 Å². The molecule has 1 saturated carbocycles. The molecule has 3 heteroatoms. The molecule has 1 fully saturated rings. The van der Waals surface area contributed by atoms with E-state index in [4.69, 9.17) is 5.73 Å². The molecule has 20 heavy (non-hydrogen) atoms. The van der Waals surface area contributed by atoms with Crippen LogP contribution in [0.15, 0.2) is 0 Å². The van der Waals surface area contributed by atoms with Crippen molar-refractivity contribution in [2.45, 2.75) is 72.1 Å². The molecule has 1 unspecified atom stereocenters. The van der Waals surface area contributed by atoms with Crippen molar-refractivity contribution in [3.8, 4) is 0 Å². The lowest BCUT2D eigenvalue weighted by Crippen LogP contribution is -2.35. The molecule has 0 aromatic heterocycles. The van der Waals surface area contributed by atoms with E-state index in [9.17, 15) is 4.79 Å². The summed E-state index contributed by atoms with van der Waals surface area (Å²) in [5.41, 5.74) is 6.04. The minimum Gasteiger partial charge on any atom is -0.356 e. The third-order valence-electron chi connectivity index (χ3n) is 5.30. The zero-order chi connectivity index (χ0) is 15.0. The van der Waals surface area contributed by atoms with Crippen molar-refractivity contribution in [1.29, 1.82) is 0 Å². The van der Waals surface area contributed by atoms with E-state index in [1.54, 1.807) is 0 Å². The molecule has 0 spiro atoms. The van der Waals surface area contributed by atoms with Crippen LogP contribution < -0.4 is 11.1 Å². The van der Waals surface area contributed by atoms with E-state index in [-0.39, 0.29) is 5.91 Å². The summed E-state index contributed by atoms with van der Waals surface area (Å²) in [7, 11) is 0. The highest BCUT2D eigenvalue weighted by Gasteiger charge is 2.32. The second-order valence-electron chi connectivity index (χ2n) is 6.96. The molecule has 0 radical (unpaired) electrons. The zero-order valence-electron chi connectivity index (χ0n) is 13.7. The highest BCUT2D eigenvalue weighted by Crippen LogP contribution is 2.40. The molecule has 0 bridgehead atoms. The van der Waals surface area contributed by atoms with Crippen LogP contribution in [0.5, 0.6) is 0 Å². The number of amides is 1. The molecule has 3 N–H and O–H groups in total. The monoisotopic (exact) mass is 282 g/mol. The predicted octanol–water partition coefficient (Wildman–Crippen LogP) is 3.47. The molecular formula is C17H34N2O. The Hall–Kier alpha value is -0.570. The second-order valence-corrected chi connectivity index (χ2v) is 6.96. The van der Waals surface area contributed by atoms with Gasteiger partial charge in [0.05, 0.1) is 0 Å². The van der Waals surface area contributed by atoms with E-state index in [1.807, 2.05) is 0 Å². The van der Waals surface area contributed by atoms with Crippen molar-refractivity contribution in [3.05, 3.63) is 0 Å². The van der Waals surface area contributed by atoms with Gasteiger partial charge in [-0.3, -0.25) is 4.79 Å². The number of carbonyl (C=O) groups excluding carboxylic acids is 1. The van der Waals surface area contributed by atoms with Gasteiger partial charge >= 0.3 is 0 Å². The molecule has 1 aliphatic rings. The quantitative estimate of drug-likeness (QED) is 0.680. The first kappa shape index (κ1) is 17.5. The molecule has 0 saturated heterocycles. The van der Waals surface area contributed by atoms with Crippen LogP contribution >= 0.6 is 0 Å². The molecule has 118 valence electrons. The number of rotatable bonds is 9.